The lowest BCUT2D eigenvalue weighted by Gasteiger charge is -2.28. The molecule has 0 aliphatic heterocycles. The molecule has 1 saturated carbocycles. The van der Waals surface area contributed by atoms with E-state index < -0.39 is 5.97 Å². The molecular formula is C18H23N3O2. The minimum Gasteiger partial charge on any atom is -0.481 e. The van der Waals surface area contributed by atoms with Crippen LogP contribution in [0.2, 0.25) is 0 Å². The van der Waals surface area contributed by atoms with Gasteiger partial charge in [0.05, 0.1) is 16.6 Å². The number of aromatic nitrogens is 3. The fraction of sp³-hybridized carbons (Fsp3) is 0.444. The Morgan fingerprint density at radius 2 is 2.13 bits per heavy atom. The number of rotatable bonds is 2. The van der Waals surface area contributed by atoms with Crippen molar-refractivity contribution in [1.82, 2.24) is 14.5 Å². The largest absolute Gasteiger partial charge is 0.481 e. The molecule has 3 rings (SSSR count). The van der Waals surface area contributed by atoms with E-state index in [-0.39, 0.29) is 5.92 Å². The van der Waals surface area contributed by atoms with Crippen LogP contribution in [-0.2, 0) is 4.79 Å². The van der Waals surface area contributed by atoms with Gasteiger partial charge in [0.2, 0.25) is 0 Å². The van der Waals surface area contributed by atoms with Gasteiger partial charge >= 0.3 is 5.97 Å². The van der Waals surface area contributed by atoms with Crippen molar-refractivity contribution in [3.63, 3.8) is 0 Å². The van der Waals surface area contributed by atoms with Crippen molar-refractivity contribution >= 4 is 18.6 Å². The van der Waals surface area contributed by atoms with Crippen LogP contribution in [-0.4, -0.2) is 25.6 Å². The van der Waals surface area contributed by atoms with Gasteiger partial charge in [0, 0.05) is 22.8 Å². The number of aliphatic carboxylic acids is 1. The Kier molecular flexibility index (Phi) is 4.11. The normalized spacial score (nSPS) is 24.0. The molecule has 0 amide bonds. The van der Waals surface area contributed by atoms with Crippen LogP contribution in [0.3, 0.4) is 0 Å². The number of carboxylic acid groups (broad SMARTS) is 1. The molecule has 0 bridgehead atoms. The van der Waals surface area contributed by atoms with Crippen LogP contribution in [0.25, 0.3) is 12.7 Å². The molecule has 2 aromatic rings. The number of hydrogen-bond donors (Lipinski definition) is 2. The summed E-state index contributed by atoms with van der Waals surface area (Å²) in [5.74, 6) is 0.109. The van der Waals surface area contributed by atoms with Gasteiger partial charge in [0.15, 0.2) is 0 Å². The molecule has 23 heavy (non-hydrogen) atoms. The van der Waals surface area contributed by atoms with Gasteiger partial charge in [-0.2, -0.15) is 0 Å². The quantitative estimate of drug-likeness (QED) is 0.888. The Bertz CT molecular complexity index is 915. The van der Waals surface area contributed by atoms with Crippen LogP contribution in [0, 0.1) is 23.4 Å². The third kappa shape index (κ3) is 2.71. The van der Waals surface area contributed by atoms with E-state index in [1.54, 1.807) is 0 Å². The zero-order valence-electron chi connectivity index (χ0n) is 13.7. The molecular weight excluding hydrogens is 290 g/mol. The molecule has 0 aromatic carbocycles. The van der Waals surface area contributed by atoms with Crippen LogP contribution < -0.4 is 10.7 Å². The highest BCUT2D eigenvalue weighted by atomic mass is 16.4. The van der Waals surface area contributed by atoms with Gasteiger partial charge in [-0.1, -0.05) is 12.7 Å². The van der Waals surface area contributed by atoms with Crippen molar-refractivity contribution in [2.75, 3.05) is 0 Å². The maximum absolute atomic E-state index is 11.2. The third-order valence-electron chi connectivity index (χ3n) is 4.89. The number of aryl methyl sites for hydroxylation is 1. The van der Waals surface area contributed by atoms with E-state index in [1.807, 2.05) is 32.2 Å². The molecule has 2 heterocycles. The lowest BCUT2D eigenvalue weighted by molar-refractivity contribution is -0.143. The second-order valence-corrected chi connectivity index (χ2v) is 6.27. The Balaban J connectivity index is 2.17. The van der Waals surface area contributed by atoms with E-state index in [0.717, 1.165) is 52.8 Å². The highest BCUT2D eigenvalue weighted by Gasteiger charge is 2.28. The second-order valence-electron chi connectivity index (χ2n) is 6.27. The average Bonchev–Trinajstić information content (AvgIpc) is 3.09. The molecule has 122 valence electrons. The van der Waals surface area contributed by atoms with Gasteiger partial charge in [-0.15, -0.1) is 0 Å². The van der Waals surface area contributed by atoms with Crippen molar-refractivity contribution < 1.29 is 9.90 Å². The summed E-state index contributed by atoms with van der Waals surface area (Å²) in [6.07, 6.45) is 7.13. The predicted molar refractivity (Wildman–Crippen MR) is 89.0 cm³/mol. The van der Waals surface area contributed by atoms with Crippen molar-refractivity contribution in [2.24, 2.45) is 5.92 Å². The van der Waals surface area contributed by atoms with Crippen molar-refractivity contribution in [3.05, 3.63) is 39.4 Å². The summed E-state index contributed by atoms with van der Waals surface area (Å²) in [7, 11) is 0. The molecule has 0 unspecified atom stereocenters. The molecule has 1 aliphatic rings. The van der Waals surface area contributed by atoms with Gasteiger partial charge in [0.25, 0.3) is 0 Å². The van der Waals surface area contributed by atoms with Gasteiger partial charge in [-0.25, -0.2) is 4.98 Å². The topological polar surface area (TPSA) is 70.9 Å². The molecule has 2 aromatic heterocycles. The number of carbonyl (C=O) groups is 1. The van der Waals surface area contributed by atoms with E-state index in [1.165, 1.54) is 0 Å². The summed E-state index contributed by atoms with van der Waals surface area (Å²) in [5.41, 5.74) is 0. The maximum Gasteiger partial charge on any atom is 0.306 e. The summed E-state index contributed by atoms with van der Waals surface area (Å²) < 4.78 is 2.28. The number of nitrogens with zero attached hydrogens (tertiary/aromatic N) is 2. The van der Waals surface area contributed by atoms with Gasteiger partial charge in [0.1, 0.15) is 5.82 Å². The van der Waals surface area contributed by atoms with Crippen molar-refractivity contribution in [3.8, 4) is 0 Å². The van der Waals surface area contributed by atoms with E-state index in [2.05, 4.69) is 16.1 Å². The molecule has 1 aliphatic carbocycles. The second kappa shape index (κ2) is 6.07. The standard InChI is InChI=1S/C18H23N3O2/c1-4-16-17(15-9-10-19-11(15)2)21(12(3)20-16)14-7-5-13(6-8-14)18(22)23/h4,9-10,13-14,19H,2,5-8H2,1,3H3,(H,22,23)/b16-4?,17-15+. The number of H-pyrrole nitrogens is 1. The first-order valence-electron chi connectivity index (χ1n) is 8.13. The van der Waals surface area contributed by atoms with E-state index >= 15 is 0 Å². The van der Waals surface area contributed by atoms with E-state index in [9.17, 15) is 9.90 Å². The highest BCUT2D eigenvalue weighted by molar-refractivity contribution is 5.70. The molecule has 2 N–H and O–H groups in total. The summed E-state index contributed by atoms with van der Waals surface area (Å²) >= 11 is 0. The van der Waals surface area contributed by atoms with Crippen molar-refractivity contribution in [2.45, 2.75) is 45.6 Å². The zero-order valence-corrected chi connectivity index (χ0v) is 13.7. The Labute approximate surface area is 134 Å². The van der Waals surface area contributed by atoms with Crippen LogP contribution in [0.4, 0.5) is 0 Å². The lowest BCUT2D eigenvalue weighted by atomic mass is 9.86. The first-order chi connectivity index (χ1) is 11.0. The van der Waals surface area contributed by atoms with Crippen LogP contribution >= 0.6 is 0 Å². The average molecular weight is 313 g/mol. The molecule has 0 spiro atoms. The SMILES string of the molecule is C=c1[nH]cc/c1=c1/c(=CC)nc(C)n1C1CCC(C(=O)O)CC1. The molecule has 1 fully saturated rings. The fourth-order valence-electron chi connectivity index (χ4n) is 3.69. The van der Waals surface area contributed by atoms with Crippen LogP contribution in [0.5, 0.6) is 0 Å². The van der Waals surface area contributed by atoms with E-state index in [4.69, 9.17) is 4.98 Å². The Hall–Kier alpha value is -2.30. The highest BCUT2D eigenvalue weighted by Crippen LogP contribution is 2.32. The Morgan fingerprint density at radius 3 is 2.65 bits per heavy atom. The summed E-state index contributed by atoms with van der Waals surface area (Å²) in [4.78, 5) is 19.0. The Morgan fingerprint density at radius 1 is 1.43 bits per heavy atom. The van der Waals surface area contributed by atoms with Gasteiger partial charge < -0.3 is 14.7 Å². The first kappa shape index (κ1) is 15.6. The summed E-state index contributed by atoms with van der Waals surface area (Å²) in [5, 5.41) is 13.2. The predicted octanol–water partition coefficient (Wildman–Crippen LogP) is 1.83. The third-order valence-corrected chi connectivity index (χ3v) is 4.89. The lowest BCUT2D eigenvalue weighted by Crippen LogP contribution is -2.24. The zero-order chi connectivity index (χ0) is 16.6. The number of imidazole rings is 1. The van der Waals surface area contributed by atoms with Gasteiger partial charge in [-0.3, -0.25) is 4.79 Å². The maximum atomic E-state index is 11.2. The number of aromatic amines is 1. The fourth-order valence-corrected chi connectivity index (χ4v) is 3.69. The molecule has 0 saturated heterocycles. The molecule has 5 nitrogen and oxygen atoms in total. The van der Waals surface area contributed by atoms with Crippen molar-refractivity contribution in [1.29, 1.82) is 0 Å². The molecule has 0 atom stereocenters. The first-order valence-corrected chi connectivity index (χ1v) is 8.13. The summed E-state index contributed by atoms with van der Waals surface area (Å²) in [6, 6.07) is 2.33. The number of hydrogen-bond acceptors (Lipinski definition) is 2. The number of carboxylic acids is 1. The molecule has 0 radical (unpaired) electrons. The minimum absolute atomic E-state index is 0.202. The minimum atomic E-state index is -0.667. The monoisotopic (exact) mass is 313 g/mol. The van der Waals surface area contributed by atoms with Gasteiger partial charge in [-0.05, 0) is 45.6 Å². The van der Waals surface area contributed by atoms with Crippen LogP contribution in [0.15, 0.2) is 12.3 Å². The van der Waals surface area contributed by atoms with E-state index in [0.29, 0.717) is 6.04 Å². The molecule has 5 heteroatoms. The number of nitrogens with one attached hydrogen (secondary N) is 1. The summed E-state index contributed by atoms with van der Waals surface area (Å²) in [6.45, 7) is 8.09. The van der Waals surface area contributed by atoms with Crippen LogP contribution in [0.1, 0.15) is 44.5 Å². The smallest absolute Gasteiger partial charge is 0.306 e.